The first-order valence-electron chi connectivity index (χ1n) is 7.13. The average molecular weight is 256 g/mol. The second-order valence-corrected chi connectivity index (χ2v) is 5.60. The van der Waals surface area contributed by atoms with Crippen LogP contribution in [0.5, 0.6) is 0 Å². The Morgan fingerprint density at radius 3 is 2.78 bits per heavy atom. The summed E-state index contributed by atoms with van der Waals surface area (Å²) in [4.78, 5) is 12.2. The third-order valence-electron chi connectivity index (χ3n) is 3.98. The molecule has 18 heavy (non-hydrogen) atoms. The molecule has 4 heteroatoms. The molecule has 0 saturated heterocycles. The maximum atomic E-state index is 12.2. The van der Waals surface area contributed by atoms with Crippen molar-refractivity contribution in [2.24, 2.45) is 17.6 Å². The number of nitrogens with one attached hydrogen (secondary N) is 1. The minimum Gasteiger partial charge on any atom is -0.383 e. The van der Waals surface area contributed by atoms with Crippen molar-refractivity contribution >= 4 is 5.91 Å². The van der Waals surface area contributed by atoms with Crippen LogP contribution in [0, 0.1) is 11.8 Å². The van der Waals surface area contributed by atoms with Gasteiger partial charge >= 0.3 is 0 Å². The summed E-state index contributed by atoms with van der Waals surface area (Å²) in [6.45, 7) is 4.88. The molecule has 0 heterocycles. The molecule has 0 aliphatic heterocycles. The maximum Gasteiger partial charge on any atom is 0.223 e. The summed E-state index contributed by atoms with van der Waals surface area (Å²) in [6.07, 6.45) is 4.86. The van der Waals surface area contributed by atoms with E-state index >= 15 is 0 Å². The van der Waals surface area contributed by atoms with E-state index in [0.29, 0.717) is 12.5 Å². The van der Waals surface area contributed by atoms with E-state index in [1.807, 2.05) is 0 Å². The molecule has 1 fully saturated rings. The SMILES string of the molecule is CCCC(COC)NC(=O)C1CCC(C)C(N)C1. The molecule has 0 aromatic carbocycles. The van der Waals surface area contributed by atoms with Gasteiger partial charge in [0.05, 0.1) is 12.6 Å². The number of nitrogens with two attached hydrogens (primary N) is 1. The van der Waals surface area contributed by atoms with Crippen molar-refractivity contribution in [2.75, 3.05) is 13.7 Å². The molecule has 3 N–H and O–H groups in total. The van der Waals surface area contributed by atoms with Gasteiger partial charge in [0.15, 0.2) is 0 Å². The second kappa shape index (κ2) is 7.74. The largest absolute Gasteiger partial charge is 0.383 e. The Kier molecular flexibility index (Phi) is 6.65. The highest BCUT2D eigenvalue weighted by Crippen LogP contribution is 2.27. The van der Waals surface area contributed by atoms with E-state index in [2.05, 4.69) is 19.2 Å². The first-order chi connectivity index (χ1) is 8.58. The van der Waals surface area contributed by atoms with Crippen LogP contribution < -0.4 is 11.1 Å². The Morgan fingerprint density at radius 1 is 1.50 bits per heavy atom. The minimum absolute atomic E-state index is 0.0902. The number of rotatable bonds is 6. The number of ether oxygens (including phenoxy) is 1. The lowest BCUT2D eigenvalue weighted by atomic mass is 9.79. The normalized spacial score (nSPS) is 29.9. The second-order valence-electron chi connectivity index (χ2n) is 5.60. The molecule has 1 aliphatic carbocycles. The van der Waals surface area contributed by atoms with Crippen LogP contribution in [0.1, 0.15) is 46.0 Å². The molecule has 0 radical (unpaired) electrons. The van der Waals surface area contributed by atoms with Gasteiger partial charge in [-0.3, -0.25) is 4.79 Å². The smallest absolute Gasteiger partial charge is 0.223 e. The van der Waals surface area contributed by atoms with E-state index in [-0.39, 0.29) is 23.9 Å². The molecule has 0 aromatic rings. The van der Waals surface area contributed by atoms with E-state index in [1.54, 1.807) is 7.11 Å². The number of carbonyl (C=O) groups excluding carboxylic acids is 1. The molecule has 4 unspecified atom stereocenters. The number of methoxy groups -OCH3 is 1. The monoisotopic (exact) mass is 256 g/mol. The van der Waals surface area contributed by atoms with Crippen molar-refractivity contribution in [1.29, 1.82) is 0 Å². The summed E-state index contributed by atoms with van der Waals surface area (Å²) in [6, 6.07) is 0.310. The van der Waals surface area contributed by atoms with Gasteiger partial charge in [-0.1, -0.05) is 20.3 Å². The first kappa shape index (κ1) is 15.4. The lowest BCUT2D eigenvalue weighted by Gasteiger charge is -2.32. The highest BCUT2D eigenvalue weighted by Gasteiger charge is 2.30. The van der Waals surface area contributed by atoms with Gasteiger partial charge in [0.2, 0.25) is 5.91 Å². The number of carbonyl (C=O) groups is 1. The Morgan fingerprint density at radius 2 is 2.22 bits per heavy atom. The Bertz CT molecular complexity index is 252. The van der Waals surface area contributed by atoms with Crippen LogP contribution in [0.4, 0.5) is 0 Å². The Hall–Kier alpha value is -0.610. The lowest BCUT2D eigenvalue weighted by molar-refractivity contribution is -0.127. The zero-order valence-corrected chi connectivity index (χ0v) is 11.9. The van der Waals surface area contributed by atoms with Crippen molar-refractivity contribution in [3.8, 4) is 0 Å². The van der Waals surface area contributed by atoms with Crippen LogP contribution in [0.15, 0.2) is 0 Å². The van der Waals surface area contributed by atoms with Gasteiger partial charge in [0.25, 0.3) is 0 Å². The summed E-state index contributed by atoms with van der Waals surface area (Å²) in [7, 11) is 1.67. The van der Waals surface area contributed by atoms with Gasteiger partial charge in [-0.05, 0) is 31.6 Å². The molecule has 0 bridgehead atoms. The molecular formula is C14H28N2O2. The third-order valence-corrected chi connectivity index (χ3v) is 3.98. The molecule has 0 spiro atoms. The van der Waals surface area contributed by atoms with Gasteiger partial charge < -0.3 is 15.8 Å². The quantitative estimate of drug-likeness (QED) is 0.760. The summed E-state index contributed by atoms with van der Waals surface area (Å²) in [5, 5.41) is 3.10. The van der Waals surface area contributed by atoms with Crippen molar-refractivity contribution in [1.82, 2.24) is 5.32 Å². The molecule has 4 nitrogen and oxygen atoms in total. The van der Waals surface area contributed by atoms with Crippen molar-refractivity contribution < 1.29 is 9.53 Å². The maximum absolute atomic E-state index is 12.2. The molecule has 1 aliphatic rings. The van der Waals surface area contributed by atoms with Crippen LogP contribution in [0.2, 0.25) is 0 Å². The molecule has 0 aromatic heterocycles. The van der Waals surface area contributed by atoms with Gasteiger partial charge in [0, 0.05) is 19.1 Å². The minimum atomic E-state index is 0.0902. The third kappa shape index (κ3) is 4.58. The Labute approximate surface area is 111 Å². The van der Waals surface area contributed by atoms with Crippen LogP contribution in [0.3, 0.4) is 0 Å². The summed E-state index contributed by atoms with van der Waals surface area (Å²) >= 11 is 0. The van der Waals surface area contributed by atoms with Gasteiger partial charge in [-0.15, -0.1) is 0 Å². The predicted octanol–water partition coefficient (Wildman–Crippen LogP) is 1.68. The van der Waals surface area contributed by atoms with Crippen molar-refractivity contribution in [3.05, 3.63) is 0 Å². The van der Waals surface area contributed by atoms with E-state index in [1.165, 1.54) is 0 Å². The fourth-order valence-corrected chi connectivity index (χ4v) is 2.66. The van der Waals surface area contributed by atoms with Gasteiger partial charge in [-0.2, -0.15) is 0 Å². The number of amides is 1. The molecule has 4 atom stereocenters. The van der Waals surface area contributed by atoms with Crippen LogP contribution in [-0.4, -0.2) is 31.7 Å². The fraction of sp³-hybridized carbons (Fsp3) is 0.929. The van der Waals surface area contributed by atoms with E-state index in [0.717, 1.165) is 32.1 Å². The summed E-state index contributed by atoms with van der Waals surface area (Å²) in [5.74, 6) is 0.791. The highest BCUT2D eigenvalue weighted by molar-refractivity contribution is 5.79. The summed E-state index contributed by atoms with van der Waals surface area (Å²) < 4.78 is 5.14. The molecule has 106 valence electrons. The zero-order chi connectivity index (χ0) is 13.5. The predicted molar refractivity (Wildman–Crippen MR) is 73.2 cm³/mol. The lowest BCUT2D eigenvalue weighted by Crippen LogP contribution is -2.45. The molecular weight excluding hydrogens is 228 g/mol. The standard InChI is InChI=1S/C14H28N2O2/c1-4-5-12(9-18-3)16-14(17)11-7-6-10(2)13(15)8-11/h10-13H,4-9,15H2,1-3H3,(H,16,17). The Balaban J connectivity index is 2.43. The molecule has 1 rings (SSSR count). The first-order valence-corrected chi connectivity index (χ1v) is 7.13. The average Bonchev–Trinajstić information content (AvgIpc) is 2.33. The van der Waals surface area contributed by atoms with E-state index < -0.39 is 0 Å². The summed E-state index contributed by atoms with van der Waals surface area (Å²) in [5.41, 5.74) is 6.05. The molecule has 1 saturated carbocycles. The van der Waals surface area contributed by atoms with Gasteiger partial charge in [0.1, 0.15) is 0 Å². The van der Waals surface area contributed by atoms with Crippen LogP contribution >= 0.6 is 0 Å². The zero-order valence-electron chi connectivity index (χ0n) is 11.9. The van der Waals surface area contributed by atoms with Crippen molar-refractivity contribution in [3.63, 3.8) is 0 Å². The fourth-order valence-electron chi connectivity index (χ4n) is 2.66. The van der Waals surface area contributed by atoms with Crippen LogP contribution in [-0.2, 0) is 9.53 Å². The van der Waals surface area contributed by atoms with Crippen molar-refractivity contribution in [2.45, 2.75) is 58.0 Å². The van der Waals surface area contributed by atoms with Gasteiger partial charge in [-0.25, -0.2) is 0 Å². The molecule has 1 amide bonds. The topological polar surface area (TPSA) is 64.3 Å². The highest BCUT2D eigenvalue weighted by atomic mass is 16.5. The van der Waals surface area contributed by atoms with E-state index in [4.69, 9.17) is 10.5 Å². The van der Waals surface area contributed by atoms with E-state index in [9.17, 15) is 4.79 Å². The number of hydrogen-bond donors (Lipinski definition) is 2. The van der Waals surface area contributed by atoms with Crippen LogP contribution in [0.25, 0.3) is 0 Å². The number of hydrogen-bond acceptors (Lipinski definition) is 3.